The van der Waals surface area contributed by atoms with E-state index in [-0.39, 0.29) is 17.1 Å². The number of rotatable bonds is 6. The van der Waals surface area contributed by atoms with Crippen molar-refractivity contribution in [1.82, 2.24) is 14.5 Å². The van der Waals surface area contributed by atoms with Crippen molar-refractivity contribution in [3.8, 4) is 0 Å². The molecule has 18 heteroatoms. The van der Waals surface area contributed by atoms with Gasteiger partial charge in [0, 0.05) is 0 Å². The van der Waals surface area contributed by atoms with Gasteiger partial charge in [0.25, 0.3) is 19.3 Å². The van der Waals surface area contributed by atoms with Gasteiger partial charge in [-0.3, -0.25) is 23.4 Å². The number of H-pyrrole nitrogens is 1. The number of imidazole rings is 1. The minimum absolute atomic E-state index is 0.0394. The van der Waals surface area contributed by atoms with Crippen molar-refractivity contribution < 1.29 is 52.2 Å². The number of phosphoric ester groups is 2. The number of aliphatic hydroxyl groups excluding tert-OH is 1. The van der Waals surface area contributed by atoms with E-state index in [9.17, 15) is 23.9 Å². The summed E-state index contributed by atoms with van der Waals surface area (Å²) in [7, 11) is -8.86. The van der Waals surface area contributed by atoms with Crippen molar-refractivity contribution in [3.05, 3.63) is 16.7 Å². The normalized spacial score (nSPS) is 27.4. The van der Waals surface area contributed by atoms with Gasteiger partial charge < -0.3 is 39.7 Å². The molecule has 0 aliphatic carbocycles. The average Bonchev–Trinajstić information content (AvgIpc) is 3.02. The van der Waals surface area contributed by atoms with Crippen LogP contribution in [0.3, 0.4) is 0 Å². The zero-order valence-corrected chi connectivity index (χ0v) is 16.3. The van der Waals surface area contributed by atoms with Crippen LogP contribution < -0.4 is 20.8 Å². The smallest absolute Gasteiger partial charge is 0.469 e. The van der Waals surface area contributed by atoms with Crippen LogP contribution >= 0.6 is 15.6 Å². The van der Waals surface area contributed by atoms with E-state index < -0.39 is 52.4 Å². The minimum atomic E-state index is -5.38. The number of nitrogens with two attached hydrogens (primary N) is 1. The van der Waals surface area contributed by atoms with E-state index in [1.54, 1.807) is 0 Å². The lowest BCUT2D eigenvalue weighted by Crippen LogP contribution is -2.46. The monoisotopic (exact) mass is 457 g/mol. The summed E-state index contributed by atoms with van der Waals surface area (Å²) in [6.45, 7) is -0.885. The number of anilines is 1. The standard InChI is InChI=1S/C11H17N5O11P2/c1-15-3-16(8-5(15)9(18)14-11(12)13-8)10-6(17)7(27-29(22,23)24)4(26-10)2-25-28(19,20)21/h3-4,6-7,10,17H,2H2,1H3,(H6-,12,13,14,18,19,20,21,22,23,24)/t4-,6-,7-,10-/m1/s1. The molecule has 0 aromatic carbocycles. The molecule has 16 nitrogen and oxygen atoms in total. The number of aryl methyl sites for hydroxylation is 1. The number of aromatic amines is 1. The molecular formula is C11H17N5O11P2. The molecule has 3 rings (SSSR count). The molecule has 0 bridgehead atoms. The van der Waals surface area contributed by atoms with E-state index >= 15 is 0 Å². The highest BCUT2D eigenvalue weighted by molar-refractivity contribution is 7.46. The molecule has 29 heavy (non-hydrogen) atoms. The molecule has 0 spiro atoms. The van der Waals surface area contributed by atoms with Gasteiger partial charge in [-0.05, 0) is 0 Å². The molecule has 2 aromatic heterocycles. The summed E-state index contributed by atoms with van der Waals surface area (Å²) < 4.78 is 38.7. The molecule has 2 aromatic rings. The number of phosphoric acid groups is 2. The number of nitrogens with one attached hydrogen (secondary N) is 1. The molecule has 3 heterocycles. The second-order valence-corrected chi connectivity index (χ2v) is 8.52. The van der Waals surface area contributed by atoms with Crippen LogP contribution in [-0.4, -0.2) is 59.2 Å². The summed E-state index contributed by atoms with van der Waals surface area (Å²) in [5.41, 5.74) is 4.93. The van der Waals surface area contributed by atoms with Gasteiger partial charge >= 0.3 is 13.5 Å². The van der Waals surface area contributed by atoms with Gasteiger partial charge in [-0.2, -0.15) is 0 Å². The van der Waals surface area contributed by atoms with Crippen molar-refractivity contribution in [3.63, 3.8) is 0 Å². The first-order chi connectivity index (χ1) is 13.3. The zero-order chi connectivity index (χ0) is 21.7. The summed E-state index contributed by atoms with van der Waals surface area (Å²) in [5.74, 6) is -0.247. The Labute approximate surface area is 160 Å². The van der Waals surface area contributed by atoms with Crippen LogP contribution in [0.2, 0.25) is 0 Å². The van der Waals surface area contributed by atoms with Crippen LogP contribution in [0.1, 0.15) is 6.23 Å². The van der Waals surface area contributed by atoms with Crippen LogP contribution in [-0.2, 0) is 30.0 Å². The zero-order valence-electron chi connectivity index (χ0n) is 14.6. The first kappa shape index (κ1) is 22.0. The fourth-order valence-electron chi connectivity index (χ4n) is 2.99. The van der Waals surface area contributed by atoms with E-state index in [0.29, 0.717) is 0 Å². The predicted octanol–water partition coefficient (Wildman–Crippen LogP) is -3.66. The van der Waals surface area contributed by atoms with E-state index in [2.05, 4.69) is 19.0 Å². The minimum Gasteiger partial charge on any atom is -0.756 e. The van der Waals surface area contributed by atoms with Gasteiger partial charge in [0.05, 0.1) is 13.7 Å². The Morgan fingerprint density at radius 2 is 2.10 bits per heavy atom. The molecule has 1 saturated heterocycles. The number of nitrogen functional groups attached to an aromatic ring is 1. The third-order valence-electron chi connectivity index (χ3n) is 4.04. The van der Waals surface area contributed by atoms with E-state index in [4.69, 9.17) is 25.2 Å². The van der Waals surface area contributed by atoms with E-state index in [0.717, 1.165) is 4.57 Å². The molecular weight excluding hydrogens is 440 g/mol. The molecule has 1 aliphatic rings. The maximum Gasteiger partial charge on any atom is 0.469 e. The Kier molecular flexibility index (Phi) is 5.70. The Bertz CT molecular complexity index is 1070. The van der Waals surface area contributed by atoms with Crippen LogP contribution in [0.5, 0.6) is 0 Å². The Balaban J connectivity index is 2.02. The van der Waals surface area contributed by atoms with Crippen molar-refractivity contribution in [2.45, 2.75) is 24.5 Å². The van der Waals surface area contributed by atoms with Crippen molar-refractivity contribution in [1.29, 1.82) is 0 Å². The van der Waals surface area contributed by atoms with E-state index in [1.807, 2.05) is 0 Å². The predicted molar refractivity (Wildman–Crippen MR) is 88.6 cm³/mol. The lowest BCUT2D eigenvalue weighted by atomic mass is 10.1. The SMILES string of the molecule is Cn1c[n+]([C@@H]2O[C@H](COP(=O)(O)O)[C@@H](OP(=O)([O-])O)[C@H]2O)c2nc(N)[nH]c(=O)c21. The fraction of sp³-hybridized carbons (Fsp3) is 0.545. The lowest BCUT2D eigenvalue weighted by molar-refractivity contribution is -0.745. The van der Waals surface area contributed by atoms with E-state index in [1.165, 1.54) is 17.9 Å². The number of fused-ring (bicyclic) bond motifs is 1. The third kappa shape index (κ3) is 4.73. The van der Waals surface area contributed by atoms with Crippen LogP contribution in [0.4, 0.5) is 5.95 Å². The highest BCUT2D eigenvalue weighted by Crippen LogP contribution is 2.42. The molecule has 1 unspecified atom stereocenters. The molecule has 5 atom stereocenters. The third-order valence-corrected chi connectivity index (χ3v) is 5.03. The highest BCUT2D eigenvalue weighted by Gasteiger charge is 2.50. The van der Waals surface area contributed by atoms with Gasteiger partial charge in [0.1, 0.15) is 18.3 Å². The molecule has 0 amide bonds. The lowest BCUT2D eigenvalue weighted by Gasteiger charge is -2.25. The van der Waals surface area contributed by atoms with Gasteiger partial charge in [0.2, 0.25) is 11.7 Å². The molecule has 0 radical (unpaired) electrons. The second-order valence-electron chi connectivity index (χ2n) is 6.14. The molecule has 7 N–H and O–H groups in total. The van der Waals surface area contributed by atoms with Crippen LogP contribution in [0.25, 0.3) is 11.2 Å². The van der Waals surface area contributed by atoms with Crippen molar-refractivity contribution in [2.75, 3.05) is 12.3 Å². The largest absolute Gasteiger partial charge is 0.756 e. The quantitative estimate of drug-likeness (QED) is 0.181. The Morgan fingerprint density at radius 3 is 2.69 bits per heavy atom. The maximum atomic E-state index is 12.1. The number of aliphatic hydroxyl groups is 1. The maximum absolute atomic E-state index is 12.1. The summed E-state index contributed by atoms with van der Waals surface area (Å²) in [6.07, 6.45) is -5.25. The van der Waals surface area contributed by atoms with Gasteiger partial charge in [-0.25, -0.2) is 9.13 Å². The Hall–Kier alpha value is -1.71. The Morgan fingerprint density at radius 1 is 1.45 bits per heavy atom. The number of ether oxygens (including phenoxy) is 1. The second kappa shape index (κ2) is 7.52. The van der Waals surface area contributed by atoms with Crippen LogP contribution in [0, 0.1) is 0 Å². The first-order valence-electron chi connectivity index (χ1n) is 7.78. The van der Waals surface area contributed by atoms with Gasteiger partial charge in [-0.15, -0.1) is 0 Å². The molecule has 1 aliphatic heterocycles. The summed E-state index contributed by atoms with van der Waals surface area (Å²) in [5, 5.41) is 10.5. The molecule has 1 fully saturated rings. The molecule has 162 valence electrons. The number of aromatic nitrogens is 4. The first-order valence-corrected chi connectivity index (χ1v) is 10.8. The van der Waals surface area contributed by atoms with Crippen molar-refractivity contribution >= 4 is 32.8 Å². The summed E-state index contributed by atoms with van der Waals surface area (Å²) in [6, 6.07) is 0. The summed E-state index contributed by atoms with van der Waals surface area (Å²) in [4.78, 5) is 56.2. The van der Waals surface area contributed by atoms with Gasteiger partial charge in [0.15, 0.2) is 6.33 Å². The fourth-order valence-corrected chi connectivity index (χ4v) is 3.90. The molecule has 0 saturated carbocycles. The number of nitrogens with zero attached hydrogens (tertiary/aromatic N) is 3. The van der Waals surface area contributed by atoms with Crippen LogP contribution in [0.15, 0.2) is 11.1 Å². The number of hydrogen-bond donors (Lipinski definition) is 6. The van der Waals surface area contributed by atoms with Gasteiger partial charge in [-0.1, -0.05) is 4.98 Å². The average molecular weight is 457 g/mol. The highest BCUT2D eigenvalue weighted by atomic mass is 31.2. The topological polar surface area (TPSA) is 246 Å². The summed E-state index contributed by atoms with van der Waals surface area (Å²) >= 11 is 0. The van der Waals surface area contributed by atoms with Crippen molar-refractivity contribution in [2.24, 2.45) is 7.05 Å². The number of hydrogen-bond acceptors (Lipinski definition) is 10.